The van der Waals surface area contributed by atoms with Crippen LogP contribution in [0.2, 0.25) is 0 Å². The third kappa shape index (κ3) is 8.84. The second-order valence-corrected chi connectivity index (χ2v) is 14.5. The number of likely N-dealkylation sites (tertiary alicyclic amines) is 2. The van der Waals surface area contributed by atoms with Crippen molar-refractivity contribution in [2.24, 2.45) is 5.92 Å². The van der Waals surface area contributed by atoms with E-state index in [1.54, 1.807) is 14.7 Å². The lowest BCUT2D eigenvalue weighted by Gasteiger charge is -2.42. The summed E-state index contributed by atoms with van der Waals surface area (Å²) < 4.78 is 82.0. The van der Waals surface area contributed by atoms with E-state index in [1.807, 2.05) is 24.3 Å². The van der Waals surface area contributed by atoms with E-state index in [9.17, 15) is 40.7 Å². The summed E-state index contributed by atoms with van der Waals surface area (Å²) in [7, 11) is 2.07. The van der Waals surface area contributed by atoms with Crippen molar-refractivity contribution in [2.45, 2.75) is 69.4 Å². The number of piperidine rings is 2. The van der Waals surface area contributed by atoms with Gasteiger partial charge in [-0.25, -0.2) is 4.79 Å². The van der Waals surface area contributed by atoms with Crippen molar-refractivity contribution in [2.75, 3.05) is 71.3 Å². The Morgan fingerprint density at radius 3 is 2.04 bits per heavy atom. The standard InChI is InChI=1S/C37H46F6N6O3/c1-45-18-20-46(21-19-45)28-9-15-48(16-10-28)34(51)27(22-25-6-7-30(36(38,39)40)31(23-25)37(41,42)43)24-33(50)47-13-11-29(12-14-47)49-17-8-26-4-2-3-5-32(26)44-35(49)52/h2-7,23,27-29H,8-22,24H2,1H3,(H,44,52). The molecule has 0 aliphatic carbocycles. The van der Waals surface area contributed by atoms with Gasteiger partial charge >= 0.3 is 18.4 Å². The van der Waals surface area contributed by atoms with Gasteiger partial charge in [0.15, 0.2) is 0 Å². The number of carbonyl (C=O) groups excluding carboxylic acids is 3. The molecule has 1 unspecified atom stereocenters. The van der Waals surface area contributed by atoms with E-state index in [1.165, 1.54) is 0 Å². The third-order valence-electron chi connectivity index (χ3n) is 11.2. The average molecular weight is 737 g/mol. The van der Waals surface area contributed by atoms with Gasteiger partial charge in [0.25, 0.3) is 0 Å². The molecule has 4 amide bonds. The van der Waals surface area contributed by atoms with E-state index in [-0.39, 0.29) is 42.3 Å². The summed E-state index contributed by atoms with van der Waals surface area (Å²) in [5, 5.41) is 2.97. The Balaban J connectivity index is 1.14. The Bertz CT molecular complexity index is 1590. The van der Waals surface area contributed by atoms with Gasteiger partial charge in [0, 0.05) is 83.1 Å². The molecule has 9 nitrogen and oxygen atoms in total. The normalized spacial score (nSPS) is 21.1. The summed E-state index contributed by atoms with van der Waals surface area (Å²) in [5.74, 6) is -1.78. The maximum Gasteiger partial charge on any atom is 0.417 e. The van der Waals surface area contributed by atoms with Crippen LogP contribution in [0.4, 0.5) is 36.8 Å². The zero-order chi connectivity index (χ0) is 37.2. The van der Waals surface area contributed by atoms with Gasteiger partial charge in [0.05, 0.1) is 17.0 Å². The van der Waals surface area contributed by atoms with E-state index in [4.69, 9.17) is 0 Å². The first kappa shape index (κ1) is 37.9. The van der Waals surface area contributed by atoms with Crippen molar-refractivity contribution in [3.63, 3.8) is 0 Å². The third-order valence-corrected chi connectivity index (χ3v) is 11.2. The smallest absolute Gasteiger partial charge is 0.343 e. The van der Waals surface area contributed by atoms with Crippen LogP contribution in [-0.2, 0) is 34.8 Å². The SMILES string of the molecule is CN1CCN(C2CCN(C(=O)C(CC(=O)N3CCC(N4CCc5ccccc5NC4=O)CC3)Cc3ccc(C(F)(F)F)c(C(F)(F)F)c3)CC2)CC1. The number of nitrogens with one attached hydrogen (secondary N) is 1. The van der Waals surface area contributed by atoms with Crippen LogP contribution >= 0.6 is 0 Å². The number of halogens is 6. The topological polar surface area (TPSA) is 79.4 Å². The van der Waals surface area contributed by atoms with Crippen molar-refractivity contribution in [1.29, 1.82) is 0 Å². The van der Waals surface area contributed by atoms with Crippen LogP contribution in [0, 0.1) is 5.92 Å². The molecule has 3 saturated heterocycles. The highest BCUT2D eigenvalue weighted by atomic mass is 19.4. The molecule has 1 N–H and O–H groups in total. The molecular formula is C37H46F6N6O3. The fourth-order valence-corrected chi connectivity index (χ4v) is 8.13. The summed E-state index contributed by atoms with van der Waals surface area (Å²) in [4.78, 5) is 50.6. The lowest BCUT2D eigenvalue weighted by molar-refractivity contribution is -0.162. The van der Waals surface area contributed by atoms with Gasteiger partial charge in [-0.05, 0) is 74.9 Å². The van der Waals surface area contributed by atoms with Crippen molar-refractivity contribution in [3.8, 4) is 0 Å². The van der Waals surface area contributed by atoms with Crippen molar-refractivity contribution in [3.05, 3.63) is 64.7 Å². The Morgan fingerprint density at radius 2 is 1.38 bits per heavy atom. The molecule has 0 saturated carbocycles. The van der Waals surface area contributed by atoms with Crippen LogP contribution in [0.5, 0.6) is 0 Å². The molecule has 0 spiro atoms. The number of benzene rings is 2. The number of anilines is 1. The molecule has 0 radical (unpaired) electrons. The van der Waals surface area contributed by atoms with Gasteiger partial charge < -0.3 is 24.9 Å². The quantitative estimate of drug-likeness (QED) is 0.376. The van der Waals surface area contributed by atoms with Gasteiger partial charge in [0.1, 0.15) is 0 Å². The number of fused-ring (bicyclic) bond motifs is 1. The average Bonchev–Trinajstić information content (AvgIpc) is 3.28. The summed E-state index contributed by atoms with van der Waals surface area (Å²) in [6.07, 6.45) is -7.92. The number of urea groups is 1. The number of carbonyl (C=O) groups is 3. The molecule has 4 aliphatic rings. The van der Waals surface area contributed by atoms with Gasteiger partial charge in [-0.15, -0.1) is 0 Å². The molecule has 6 rings (SSSR count). The first-order chi connectivity index (χ1) is 24.7. The second kappa shape index (κ2) is 15.6. The Hall–Kier alpha value is -3.85. The summed E-state index contributed by atoms with van der Waals surface area (Å²) >= 11 is 0. The maximum atomic E-state index is 14.1. The van der Waals surface area contributed by atoms with Crippen molar-refractivity contribution >= 4 is 23.5 Å². The first-order valence-corrected chi connectivity index (χ1v) is 18.1. The second-order valence-electron chi connectivity index (χ2n) is 14.5. The van der Waals surface area contributed by atoms with Crippen LogP contribution in [0.15, 0.2) is 42.5 Å². The molecule has 15 heteroatoms. The minimum Gasteiger partial charge on any atom is -0.343 e. The molecule has 2 aromatic rings. The highest BCUT2D eigenvalue weighted by Gasteiger charge is 2.43. The zero-order valence-corrected chi connectivity index (χ0v) is 29.3. The van der Waals surface area contributed by atoms with E-state index < -0.39 is 29.4 Å². The Morgan fingerprint density at radius 1 is 0.769 bits per heavy atom. The van der Waals surface area contributed by atoms with Gasteiger partial charge in [-0.2, -0.15) is 26.3 Å². The predicted molar refractivity (Wildman–Crippen MR) is 182 cm³/mol. The monoisotopic (exact) mass is 736 g/mol. The minimum atomic E-state index is -5.27. The summed E-state index contributed by atoms with van der Waals surface area (Å²) in [5.41, 5.74) is -1.88. The number of rotatable bonds is 7. The predicted octanol–water partition coefficient (Wildman–Crippen LogP) is 5.59. The molecule has 0 bridgehead atoms. The van der Waals surface area contributed by atoms with Crippen LogP contribution in [0.1, 0.15) is 54.4 Å². The lowest BCUT2D eigenvalue weighted by Crippen LogP contribution is -2.53. The van der Waals surface area contributed by atoms with E-state index in [0.29, 0.717) is 70.2 Å². The highest BCUT2D eigenvalue weighted by molar-refractivity contribution is 5.91. The first-order valence-electron chi connectivity index (χ1n) is 18.1. The minimum absolute atomic E-state index is 0.0920. The van der Waals surface area contributed by atoms with Gasteiger partial charge in [-0.1, -0.05) is 24.3 Å². The summed E-state index contributed by atoms with van der Waals surface area (Å²) in [6.45, 7) is 5.79. The Kier molecular flexibility index (Phi) is 11.4. The molecule has 3 fully saturated rings. The number of amides is 4. The van der Waals surface area contributed by atoms with E-state index in [0.717, 1.165) is 56.3 Å². The Labute approximate surface area is 299 Å². The number of likely N-dealkylation sites (N-methyl/N-ethyl adjacent to an activating group) is 1. The number of para-hydroxylation sites is 1. The van der Waals surface area contributed by atoms with Crippen LogP contribution < -0.4 is 5.32 Å². The number of hydrogen-bond donors (Lipinski definition) is 1. The number of alkyl halides is 6. The van der Waals surface area contributed by atoms with E-state index in [2.05, 4.69) is 22.2 Å². The summed E-state index contributed by atoms with van der Waals surface area (Å²) in [6, 6.07) is 9.45. The molecular weight excluding hydrogens is 690 g/mol. The van der Waals surface area contributed by atoms with Crippen molar-refractivity contribution < 1.29 is 40.7 Å². The van der Waals surface area contributed by atoms with Crippen LogP contribution in [0.25, 0.3) is 0 Å². The fourth-order valence-electron chi connectivity index (χ4n) is 8.13. The number of nitrogens with zero attached hydrogens (tertiary/aromatic N) is 5. The molecule has 52 heavy (non-hydrogen) atoms. The largest absolute Gasteiger partial charge is 0.417 e. The highest BCUT2D eigenvalue weighted by Crippen LogP contribution is 2.41. The molecule has 4 heterocycles. The lowest BCUT2D eigenvalue weighted by atomic mass is 9.90. The fraction of sp³-hybridized carbons (Fsp3) is 0.595. The van der Waals surface area contributed by atoms with Gasteiger partial charge in [0.2, 0.25) is 11.8 Å². The molecule has 2 aromatic carbocycles. The van der Waals surface area contributed by atoms with Crippen LogP contribution in [-0.4, -0.2) is 120 Å². The van der Waals surface area contributed by atoms with Gasteiger partial charge in [-0.3, -0.25) is 14.5 Å². The maximum absolute atomic E-state index is 14.1. The van der Waals surface area contributed by atoms with Crippen LogP contribution in [0.3, 0.4) is 0 Å². The zero-order valence-electron chi connectivity index (χ0n) is 29.3. The molecule has 284 valence electrons. The number of hydrogen-bond acceptors (Lipinski definition) is 5. The number of piperazine rings is 1. The van der Waals surface area contributed by atoms with Crippen molar-refractivity contribution in [1.82, 2.24) is 24.5 Å². The molecule has 4 aliphatic heterocycles. The van der Waals surface area contributed by atoms with E-state index >= 15 is 0 Å². The molecule has 0 aromatic heterocycles. The molecule has 1 atom stereocenters.